The first kappa shape index (κ1) is 15.7. The number of aliphatic hydroxyl groups is 1. The van der Waals surface area contributed by atoms with Crippen LogP contribution < -0.4 is 9.47 Å². The zero-order valence-electron chi connectivity index (χ0n) is 14.5. The summed E-state index contributed by atoms with van der Waals surface area (Å²) in [7, 11) is 2.08. The van der Waals surface area contributed by atoms with Gasteiger partial charge in [0.2, 0.25) is 12.7 Å². The van der Waals surface area contributed by atoms with E-state index in [1.54, 1.807) is 0 Å². The monoisotopic (exact) mass is 332 g/mol. The van der Waals surface area contributed by atoms with Crippen molar-refractivity contribution in [2.24, 2.45) is 4.99 Å². The van der Waals surface area contributed by atoms with Crippen LogP contribution in [0.15, 0.2) is 17.1 Å². The predicted molar refractivity (Wildman–Crippen MR) is 89.8 cm³/mol. The Labute approximate surface area is 142 Å². The van der Waals surface area contributed by atoms with Gasteiger partial charge in [0.05, 0.1) is 11.1 Å². The molecule has 0 bridgehead atoms. The Kier molecular flexibility index (Phi) is 3.51. The number of hydrogen-bond acceptors (Lipinski definition) is 6. The number of aliphatic imine (C=N–C) groups is 1. The zero-order valence-corrected chi connectivity index (χ0v) is 14.5. The van der Waals surface area contributed by atoms with Gasteiger partial charge in [0.1, 0.15) is 6.61 Å². The molecule has 24 heavy (non-hydrogen) atoms. The van der Waals surface area contributed by atoms with E-state index in [1.807, 2.05) is 26.0 Å². The van der Waals surface area contributed by atoms with E-state index in [0.717, 1.165) is 24.2 Å². The molecule has 1 N–H and O–H groups in total. The molecule has 3 aliphatic heterocycles. The molecule has 1 fully saturated rings. The van der Waals surface area contributed by atoms with Crippen LogP contribution in [0.4, 0.5) is 0 Å². The van der Waals surface area contributed by atoms with Gasteiger partial charge in [0.25, 0.3) is 0 Å². The maximum Gasteiger partial charge on any atom is 0.231 e. The Morgan fingerprint density at radius 3 is 2.38 bits per heavy atom. The number of likely N-dealkylation sites (tertiary alicyclic amines) is 1. The van der Waals surface area contributed by atoms with Gasteiger partial charge in [-0.15, -0.1) is 0 Å². The quantitative estimate of drug-likeness (QED) is 0.896. The lowest BCUT2D eigenvalue weighted by molar-refractivity contribution is -0.0206. The summed E-state index contributed by atoms with van der Waals surface area (Å²) in [6, 6.07) is 3.80. The Hall–Kier alpha value is -1.79. The normalized spacial score (nSPS) is 24.6. The second kappa shape index (κ2) is 5.36. The van der Waals surface area contributed by atoms with Crippen LogP contribution in [-0.2, 0) is 10.3 Å². The molecule has 4 rings (SSSR count). The topological polar surface area (TPSA) is 63.5 Å². The molecule has 6 heteroatoms. The fourth-order valence-electron chi connectivity index (χ4n) is 3.48. The van der Waals surface area contributed by atoms with E-state index in [-0.39, 0.29) is 12.3 Å². The minimum atomic E-state index is -0.901. The number of hydrogen-bond donors (Lipinski definition) is 1. The van der Waals surface area contributed by atoms with Crippen molar-refractivity contribution >= 4 is 5.90 Å². The molecule has 0 aromatic heterocycles. The van der Waals surface area contributed by atoms with Crippen LogP contribution in [0.3, 0.4) is 0 Å². The Morgan fingerprint density at radius 2 is 1.75 bits per heavy atom. The van der Waals surface area contributed by atoms with E-state index < -0.39 is 5.60 Å². The Balaban J connectivity index is 1.81. The largest absolute Gasteiger partial charge is 0.475 e. The third kappa shape index (κ3) is 2.63. The number of rotatable bonds is 2. The van der Waals surface area contributed by atoms with E-state index in [0.29, 0.717) is 36.8 Å². The first-order chi connectivity index (χ1) is 11.4. The minimum Gasteiger partial charge on any atom is -0.475 e. The molecule has 0 amide bonds. The lowest BCUT2D eigenvalue weighted by Crippen LogP contribution is -2.41. The summed E-state index contributed by atoms with van der Waals surface area (Å²) in [5.41, 5.74) is 0.493. The molecule has 130 valence electrons. The van der Waals surface area contributed by atoms with Gasteiger partial charge in [-0.2, -0.15) is 0 Å². The maximum absolute atomic E-state index is 11.3. The van der Waals surface area contributed by atoms with Crippen molar-refractivity contribution in [3.05, 3.63) is 23.3 Å². The third-order valence-electron chi connectivity index (χ3n) is 5.03. The minimum absolute atomic E-state index is 0.207. The van der Waals surface area contributed by atoms with Gasteiger partial charge in [-0.25, -0.2) is 4.99 Å². The smallest absolute Gasteiger partial charge is 0.231 e. The molecule has 3 heterocycles. The summed E-state index contributed by atoms with van der Waals surface area (Å²) in [5, 5.41) is 11.3. The van der Waals surface area contributed by atoms with Crippen LogP contribution in [-0.4, -0.2) is 55.0 Å². The number of nitrogens with zero attached hydrogens (tertiary/aromatic N) is 2. The van der Waals surface area contributed by atoms with Gasteiger partial charge in [-0.3, -0.25) is 0 Å². The van der Waals surface area contributed by atoms with Crippen molar-refractivity contribution in [3.8, 4) is 11.5 Å². The standard InChI is InChI=1S/C18H24N2O4/c1-17(2)10-22-16(19-17)12-8-14-15(24-11-23-14)9-13(12)18(21)4-6-20(3)7-5-18/h8-9,21H,4-7,10-11H2,1-3H3. The average Bonchev–Trinajstić information content (AvgIpc) is 3.14. The van der Waals surface area contributed by atoms with E-state index in [1.165, 1.54) is 0 Å². The van der Waals surface area contributed by atoms with Crippen LogP contribution in [0.25, 0.3) is 0 Å². The van der Waals surface area contributed by atoms with Crippen LogP contribution in [0.1, 0.15) is 37.8 Å². The highest BCUT2D eigenvalue weighted by Gasteiger charge is 2.39. The van der Waals surface area contributed by atoms with E-state index in [4.69, 9.17) is 19.2 Å². The van der Waals surface area contributed by atoms with E-state index >= 15 is 0 Å². The molecular formula is C18H24N2O4. The summed E-state index contributed by atoms with van der Waals surface area (Å²) >= 11 is 0. The maximum atomic E-state index is 11.3. The van der Waals surface area contributed by atoms with Gasteiger partial charge in [0, 0.05) is 24.2 Å². The molecule has 0 radical (unpaired) electrons. The van der Waals surface area contributed by atoms with Gasteiger partial charge >= 0.3 is 0 Å². The predicted octanol–water partition coefficient (Wildman–Crippen LogP) is 1.88. The summed E-state index contributed by atoms with van der Waals surface area (Å²) in [6.45, 7) is 6.52. The van der Waals surface area contributed by atoms with Crippen LogP contribution in [0, 0.1) is 0 Å². The summed E-state index contributed by atoms with van der Waals surface area (Å²) < 4.78 is 16.9. The van der Waals surface area contributed by atoms with E-state index in [9.17, 15) is 5.11 Å². The number of benzene rings is 1. The van der Waals surface area contributed by atoms with Crippen LogP contribution >= 0.6 is 0 Å². The molecule has 1 aromatic rings. The molecule has 0 atom stereocenters. The zero-order chi connectivity index (χ0) is 16.9. The van der Waals surface area contributed by atoms with Gasteiger partial charge in [0.15, 0.2) is 11.5 Å². The highest BCUT2D eigenvalue weighted by atomic mass is 16.7. The molecule has 0 aliphatic carbocycles. The first-order valence-corrected chi connectivity index (χ1v) is 8.44. The Morgan fingerprint density at radius 1 is 1.08 bits per heavy atom. The first-order valence-electron chi connectivity index (χ1n) is 8.44. The van der Waals surface area contributed by atoms with Crippen molar-refractivity contribution in [2.75, 3.05) is 33.5 Å². The fourth-order valence-corrected chi connectivity index (χ4v) is 3.48. The SMILES string of the molecule is CN1CCC(O)(c2cc3c(cc2C2=NC(C)(C)CO2)OCO3)CC1. The van der Waals surface area contributed by atoms with Crippen molar-refractivity contribution in [3.63, 3.8) is 0 Å². The van der Waals surface area contributed by atoms with Crippen LogP contribution in [0.2, 0.25) is 0 Å². The molecule has 0 spiro atoms. The molecule has 1 saturated heterocycles. The van der Waals surface area contributed by atoms with Crippen LogP contribution in [0.5, 0.6) is 11.5 Å². The summed E-state index contributed by atoms with van der Waals surface area (Å²) in [6.07, 6.45) is 1.35. The average molecular weight is 332 g/mol. The number of fused-ring (bicyclic) bond motifs is 1. The third-order valence-corrected chi connectivity index (χ3v) is 5.03. The Bertz CT molecular complexity index is 691. The van der Waals surface area contributed by atoms with Gasteiger partial charge < -0.3 is 24.2 Å². The molecule has 0 saturated carbocycles. The highest BCUT2D eigenvalue weighted by molar-refractivity contribution is 5.98. The van der Waals surface area contributed by atoms with Crippen molar-refractivity contribution in [1.29, 1.82) is 0 Å². The number of piperidine rings is 1. The lowest BCUT2D eigenvalue weighted by Gasteiger charge is -2.37. The van der Waals surface area contributed by atoms with Crippen molar-refractivity contribution in [1.82, 2.24) is 4.90 Å². The van der Waals surface area contributed by atoms with Gasteiger partial charge in [-0.05, 0) is 45.9 Å². The summed E-state index contributed by atoms with van der Waals surface area (Å²) in [4.78, 5) is 6.92. The fraction of sp³-hybridized carbons (Fsp3) is 0.611. The lowest BCUT2D eigenvalue weighted by atomic mass is 9.81. The second-order valence-corrected chi connectivity index (χ2v) is 7.60. The summed E-state index contributed by atoms with van der Waals surface area (Å²) in [5.74, 6) is 1.95. The number of ether oxygens (including phenoxy) is 3. The molecule has 0 unspecified atom stereocenters. The second-order valence-electron chi connectivity index (χ2n) is 7.60. The van der Waals surface area contributed by atoms with E-state index in [2.05, 4.69) is 11.9 Å². The molecule has 3 aliphatic rings. The van der Waals surface area contributed by atoms with Crippen molar-refractivity contribution in [2.45, 2.75) is 37.8 Å². The highest BCUT2D eigenvalue weighted by Crippen LogP contribution is 2.43. The molecule has 6 nitrogen and oxygen atoms in total. The van der Waals surface area contributed by atoms with Crippen molar-refractivity contribution < 1.29 is 19.3 Å². The van der Waals surface area contributed by atoms with Gasteiger partial charge in [-0.1, -0.05) is 0 Å². The molecule has 1 aromatic carbocycles. The molecular weight excluding hydrogens is 308 g/mol.